The van der Waals surface area contributed by atoms with Crippen LogP contribution in [0.5, 0.6) is 0 Å². The molecule has 0 spiro atoms. The lowest BCUT2D eigenvalue weighted by atomic mass is 10.1. The van der Waals surface area contributed by atoms with Crippen LogP contribution in [0.2, 0.25) is 0 Å². The molecule has 0 aliphatic carbocycles. The predicted molar refractivity (Wildman–Crippen MR) is 44.6 cm³/mol. The highest BCUT2D eigenvalue weighted by atomic mass is 35.5. The first-order valence-electron chi connectivity index (χ1n) is 3.76. The molecular weight excluding hydrogens is 150 g/mol. The third-order valence-electron chi connectivity index (χ3n) is 1.98. The number of halogens is 1. The van der Waals surface area contributed by atoms with E-state index in [2.05, 4.69) is 5.32 Å². The van der Waals surface area contributed by atoms with E-state index in [-0.39, 0.29) is 18.5 Å². The van der Waals surface area contributed by atoms with Crippen molar-refractivity contribution in [3.8, 4) is 0 Å². The van der Waals surface area contributed by atoms with Crippen LogP contribution in [0.3, 0.4) is 0 Å². The van der Waals surface area contributed by atoms with Crippen LogP contribution < -0.4 is 5.32 Å². The maximum absolute atomic E-state index is 9.30. The summed E-state index contributed by atoms with van der Waals surface area (Å²) in [4.78, 5) is 0. The van der Waals surface area contributed by atoms with Crippen molar-refractivity contribution in [3.05, 3.63) is 0 Å². The second-order valence-electron chi connectivity index (χ2n) is 2.68. The standard InChI is InChI=1S/C7H15NO.ClH/c1-2-7(9)6-4-3-5-8-6;/h6-9H,2-5H2,1H3;1H. The molecule has 1 aliphatic heterocycles. The van der Waals surface area contributed by atoms with Gasteiger partial charge in [0.05, 0.1) is 6.10 Å². The summed E-state index contributed by atoms with van der Waals surface area (Å²) >= 11 is 0. The van der Waals surface area contributed by atoms with Gasteiger partial charge in [-0.05, 0) is 25.8 Å². The molecule has 62 valence electrons. The topological polar surface area (TPSA) is 32.3 Å². The Morgan fingerprint density at radius 3 is 2.80 bits per heavy atom. The summed E-state index contributed by atoms with van der Waals surface area (Å²) in [6, 6.07) is 0.384. The molecule has 0 aromatic heterocycles. The van der Waals surface area contributed by atoms with Crippen molar-refractivity contribution in [2.75, 3.05) is 6.54 Å². The van der Waals surface area contributed by atoms with Crippen LogP contribution in [0.4, 0.5) is 0 Å². The van der Waals surface area contributed by atoms with Crippen molar-refractivity contribution in [1.29, 1.82) is 0 Å². The summed E-state index contributed by atoms with van der Waals surface area (Å²) in [5.41, 5.74) is 0. The highest BCUT2D eigenvalue weighted by Crippen LogP contribution is 2.10. The van der Waals surface area contributed by atoms with Crippen LogP contribution in [0.1, 0.15) is 26.2 Å². The molecule has 0 aromatic carbocycles. The van der Waals surface area contributed by atoms with Gasteiger partial charge in [0.25, 0.3) is 0 Å². The monoisotopic (exact) mass is 165 g/mol. The summed E-state index contributed by atoms with van der Waals surface area (Å²) in [5, 5.41) is 12.6. The molecule has 0 aromatic rings. The average Bonchev–Trinajstić information content (AvgIpc) is 2.37. The molecule has 1 fully saturated rings. The molecule has 2 nitrogen and oxygen atoms in total. The molecule has 0 radical (unpaired) electrons. The van der Waals surface area contributed by atoms with E-state index < -0.39 is 0 Å². The van der Waals surface area contributed by atoms with Crippen molar-refractivity contribution in [3.63, 3.8) is 0 Å². The molecular formula is C7H16ClNO. The Bertz CT molecular complexity index is 83.7. The molecule has 1 saturated heterocycles. The first kappa shape index (κ1) is 10.2. The fraction of sp³-hybridized carbons (Fsp3) is 1.00. The van der Waals surface area contributed by atoms with Gasteiger partial charge in [-0.2, -0.15) is 0 Å². The zero-order valence-corrected chi connectivity index (χ0v) is 7.16. The van der Waals surface area contributed by atoms with E-state index in [9.17, 15) is 5.11 Å². The summed E-state index contributed by atoms with van der Waals surface area (Å²) in [6.07, 6.45) is 3.13. The Balaban J connectivity index is 0.000000810. The van der Waals surface area contributed by atoms with Crippen molar-refractivity contribution in [2.45, 2.75) is 38.3 Å². The van der Waals surface area contributed by atoms with Crippen LogP contribution in [-0.4, -0.2) is 23.8 Å². The first-order valence-corrected chi connectivity index (χ1v) is 3.76. The number of aliphatic hydroxyl groups is 1. The van der Waals surface area contributed by atoms with Gasteiger partial charge in [-0.3, -0.25) is 0 Å². The van der Waals surface area contributed by atoms with Gasteiger partial charge in [-0.25, -0.2) is 0 Å². The molecule has 2 unspecified atom stereocenters. The molecule has 0 bridgehead atoms. The highest BCUT2D eigenvalue weighted by molar-refractivity contribution is 5.85. The van der Waals surface area contributed by atoms with E-state index in [0.717, 1.165) is 19.4 Å². The maximum Gasteiger partial charge on any atom is 0.0690 e. The molecule has 0 saturated carbocycles. The van der Waals surface area contributed by atoms with E-state index in [1.54, 1.807) is 0 Å². The number of hydrogen-bond acceptors (Lipinski definition) is 2. The van der Waals surface area contributed by atoms with Gasteiger partial charge in [0.1, 0.15) is 0 Å². The molecule has 1 aliphatic rings. The van der Waals surface area contributed by atoms with Crippen LogP contribution >= 0.6 is 12.4 Å². The van der Waals surface area contributed by atoms with Crippen LogP contribution in [-0.2, 0) is 0 Å². The number of aliphatic hydroxyl groups excluding tert-OH is 1. The SMILES string of the molecule is CCC(O)C1CCCN1.Cl. The third kappa shape index (κ3) is 2.45. The van der Waals surface area contributed by atoms with Gasteiger partial charge in [-0.1, -0.05) is 6.92 Å². The van der Waals surface area contributed by atoms with Crippen molar-refractivity contribution in [1.82, 2.24) is 5.32 Å². The van der Waals surface area contributed by atoms with Gasteiger partial charge in [0, 0.05) is 6.04 Å². The van der Waals surface area contributed by atoms with Gasteiger partial charge in [0.2, 0.25) is 0 Å². The normalized spacial score (nSPS) is 27.6. The maximum atomic E-state index is 9.30. The van der Waals surface area contributed by atoms with Crippen LogP contribution in [0.15, 0.2) is 0 Å². The Hall–Kier alpha value is 0.210. The highest BCUT2D eigenvalue weighted by Gasteiger charge is 2.20. The minimum Gasteiger partial charge on any atom is -0.392 e. The van der Waals surface area contributed by atoms with Crippen molar-refractivity contribution < 1.29 is 5.11 Å². The van der Waals surface area contributed by atoms with E-state index in [0.29, 0.717) is 6.04 Å². The van der Waals surface area contributed by atoms with Gasteiger partial charge in [-0.15, -0.1) is 12.4 Å². The lowest BCUT2D eigenvalue weighted by Crippen LogP contribution is -2.33. The Labute approximate surface area is 68.4 Å². The summed E-state index contributed by atoms with van der Waals surface area (Å²) < 4.78 is 0. The minimum atomic E-state index is -0.118. The molecule has 2 atom stereocenters. The smallest absolute Gasteiger partial charge is 0.0690 e. The summed E-state index contributed by atoms with van der Waals surface area (Å²) in [6.45, 7) is 3.10. The number of hydrogen-bond donors (Lipinski definition) is 2. The van der Waals surface area contributed by atoms with Gasteiger partial charge >= 0.3 is 0 Å². The second-order valence-corrected chi connectivity index (χ2v) is 2.68. The van der Waals surface area contributed by atoms with Gasteiger partial charge in [0.15, 0.2) is 0 Å². The third-order valence-corrected chi connectivity index (χ3v) is 1.98. The van der Waals surface area contributed by atoms with Crippen molar-refractivity contribution in [2.24, 2.45) is 0 Å². The summed E-state index contributed by atoms with van der Waals surface area (Å²) in [7, 11) is 0. The van der Waals surface area contributed by atoms with E-state index in [4.69, 9.17) is 0 Å². The largest absolute Gasteiger partial charge is 0.392 e. The molecule has 2 N–H and O–H groups in total. The first-order chi connectivity index (χ1) is 4.34. The quantitative estimate of drug-likeness (QED) is 0.638. The van der Waals surface area contributed by atoms with Crippen LogP contribution in [0.25, 0.3) is 0 Å². The lowest BCUT2D eigenvalue weighted by Gasteiger charge is -2.15. The molecule has 10 heavy (non-hydrogen) atoms. The molecule has 0 amide bonds. The Kier molecular flexibility index (Phi) is 5.04. The van der Waals surface area contributed by atoms with E-state index in [1.807, 2.05) is 6.92 Å². The lowest BCUT2D eigenvalue weighted by molar-refractivity contribution is 0.132. The fourth-order valence-electron chi connectivity index (χ4n) is 1.32. The van der Waals surface area contributed by atoms with E-state index in [1.165, 1.54) is 6.42 Å². The number of nitrogens with one attached hydrogen (secondary N) is 1. The average molecular weight is 166 g/mol. The minimum absolute atomic E-state index is 0. The van der Waals surface area contributed by atoms with E-state index >= 15 is 0 Å². The van der Waals surface area contributed by atoms with Gasteiger partial charge < -0.3 is 10.4 Å². The predicted octanol–water partition coefficient (Wildman–Crippen LogP) is 0.931. The summed E-state index contributed by atoms with van der Waals surface area (Å²) in [5.74, 6) is 0. The fourth-order valence-corrected chi connectivity index (χ4v) is 1.32. The second kappa shape index (κ2) is 4.94. The molecule has 1 rings (SSSR count). The number of rotatable bonds is 2. The zero-order chi connectivity index (χ0) is 6.69. The Morgan fingerprint density at radius 2 is 2.40 bits per heavy atom. The zero-order valence-electron chi connectivity index (χ0n) is 6.34. The van der Waals surface area contributed by atoms with Crippen LogP contribution in [0, 0.1) is 0 Å². The molecule has 1 heterocycles. The Morgan fingerprint density at radius 1 is 1.70 bits per heavy atom. The van der Waals surface area contributed by atoms with Crippen molar-refractivity contribution >= 4 is 12.4 Å². The molecule has 3 heteroatoms.